The van der Waals surface area contributed by atoms with Gasteiger partial charge in [0.25, 0.3) is 0 Å². The van der Waals surface area contributed by atoms with Gasteiger partial charge in [0.2, 0.25) is 0 Å². The van der Waals surface area contributed by atoms with Gasteiger partial charge in [-0.2, -0.15) is 0 Å². The maximum Gasteiger partial charge on any atom is 0.191 e. The van der Waals surface area contributed by atoms with Crippen LogP contribution in [0.15, 0.2) is 29.3 Å². The highest BCUT2D eigenvalue weighted by molar-refractivity contribution is 5.79. The molecule has 1 aliphatic heterocycles. The quantitative estimate of drug-likeness (QED) is 0.463. The normalized spacial score (nSPS) is 16.1. The average Bonchev–Trinajstić information content (AvgIpc) is 2.72. The first-order valence-electron chi connectivity index (χ1n) is 11.0. The van der Waals surface area contributed by atoms with Gasteiger partial charge in [-0.05, 0) is 51.7 Å². The summed E-state index contributed by atoms with van der Waals surface area (Å²) in [5, 5.41) is 6.84. The lowest BCUT2D eigenvalue weighted by Crippen LogP contribution is -2.45. The molecule has 0 aromatic heterocycles. The first kappa shape index (κ1) is 23.6. The van der Waals surface area contributed by atoms with Gasteiger partial charge in [0.15, 0.2) is 5.96 Å². The van der Waals surface area contributed by atoms with Crippen LogP contribution in [-0.2, 0) is 22.6 Å². The van der Waals surface area contributed by atoms with E-state index in [1.807, 2.05) is 7.05 Å². The fourth-order valence-electron chi connectivity index (χ4n) is 3.71. The largest absolute Gasteiger partial charge is 0.381 e. The van der Waals surface area contributed by atoms with Gasteiger partial charge < -0.3 is 20.1 Å². The van der Waals surface area contributed by atoms with E-state index in [1.165, 1.54) is 11.1 Å². The first-order valence-corrected chi connectivity index (χ1v) is 11.0. The Hall–Kier alpha value is -1.63. The van der Waals surface area contributed by atoms with Gasteiger partial charge in [-0.1, -0.05) is 24.3 Å². The summed E-state index contributed by atoms with van der Waals surface area (Å²) >= 11 is 0. The molecule has 0 unspecified atom stereocenters. The third-order valence-electron chi connectivity index (χ3n) is 5.32. The van der Waals surface area contributed by atoms with E-state index in [4.69, 9.17) is 9.47 Å². The van der Waals surface area contributed by atoms with Gasteiger partial charge in [0.05, 0.1) is 12.7 Å². The number of ether oxygens (including phenoxy) is 2. The van der Waals surface area contributed by atoms with Gasteiger partial charge in [-0.15, -0.1) is 0 Å². The van der Waals surface area contributed by atoms with Gasteiger partial charge in [0, 0.05) is 52.0 Å². The van der Waals surface area contributed by atoms with Crippen LogP contribution in [-0.4, -0.2) is 62.4 Å². The van der Waals surface area contributed by atoms with Crippen LogP contribution in [0.2, 0.25) is 0 Å². The molecule has 0 aliphatic carbocycles. The Labute approximate surface area is 177 Å². The molecular formula is C23H40N4O2. The van der Waals surface area contributed by atoms with E-state index in [0.29, 0.717) is 24.8 Å². The molecule has 0 atom stereocenters. The molecule has 1 aliphatic rings. The van der Waals surface area contributed by atoms with E-state index in [1.54, 1.807) is 0 Å². The van der Waals surface area contributed by atoms with Gasteiger partial charge in [-0.25, -0.2) is 0 Å². The molecule has 0 saturated carbocycles. The molecule has 6 nitrogen and oxygen atoms in total. The fourth-order valence-corrected chi connectivity index (χ4v) is 3.71. The van der Waals surface area contributed by atoms with Crippen LogP contribution >= 0.6 is 0 Å². The number of nitrogens with one attached hydrogen (secondary N) is 2. The standard InChI is InChI=1S/C23H40N4O2/c1-18(2)27(19(3)4)12-11-25-23(24-5)26-16-20-7-6-8-21(15-20)17-29-22-9-13-28-14-10-22/h6-8,15,18-19,22H,9-14,16-17H2,1-5H3,(H2,24,25,26). The SMILES string of the molecule is CN=C(NCCN(C(C)C)C(C)C)NCc1cccc(COC2CCOCC2)c1. The minimum atomic E-state index is 0.324. The first-order chi connectivity index (χ1) is 14.0. The van der Waals surface area contributed by atoms with Crippen LogP contribution in [0.25, 0.3) is 0 Å². The summed E-state index contributed by atoms with van der Waals surface area (Å²) in [5.74, 6) is 0.835. The van der Waals surface area contributed by atoms with Gasteiger partial charge >= 0.3 is 0 Å². The van der Waals surface area contributed by atoms with E-state index in [9.17, 15) is 0 Å². The second-order valence-electron chi connectivity index (χ2n) is 8.22. The minimum absolute atomic E-state index is 0.324. The van der Waals surface area contributed by atoms with Crippen molar-refractivity contribution >= 4 is 5.96 Å². The van der Waals surface area contributed by atoms with Crippen LogP contribution in [0.4, 0.5) is 0 Å². The van der Waals surface area contributed by atoms with Crippen LogP contribution in [0.5, 0.6) is 0 Å². The van der Waals surface area contributed by atoms with Crippen molar-refractivity contribution in [3.8, 4) is 0 Å². The molecule has 1 heterocycles. The van der Waals surface area contributed by atoms with Crippen LogP contribution in [0, 0.1) is 0 Å². The summed E-state index contributed by atoms with van der Waals surface area (Å²) < 4.78 is 11.4. The van der Waals surface area contributed by atoms with Crippen molar-refractivity contribution in [3.05, 3.63) is 35.4 Å². The molecule has 29 heavy (non-hydrogen) atoms. The number of aliphatic imine (C=N–C) groups is 1. The van der Waals surface area contributed by atoms with Crippen molar-refractivity contribution < 1.29 is 9.47 Å². The number of guanidine groups is 1. The maximum absolute atomic E-state index is 6.04. The topological polar surface area (TPSA) is 58.1 Å². The molecule has 2 rings (SSSR count). The Kier molecular flexibility index (Phi) is 10.5. The molecule has 1 fully saturated rings. The Morgan fingerprint density at radius 3 is 2.48 bits per heavy atom. The predicted molar refractivity (Wildman–Crippen MR) is 120 cm³/mol. The smallest absolute Gasteiger partial charge is 0.191 e. The van der Waals surface area contributed by atoms with Crippen molar-refractivity contribution in [1.29, 1.82) is 0 Å². The van der Waals surface area contributed by atoms with Crippen molar-refractivity contribution in [2.45, 2.75) is 71.9 Å². The molecule has 1 aromatic carbocycles. The summed E-state index contributed by atoms with van der Waals surface area (Å²) in [7, 11) is 1.82. The fraction of sp³-hybridized carbons (Fsp3) is 0.696. The molecule has 0 radical (unpaired) electrons. The zero-order valence-electron chi connectivity index (χ0n) is 18.9. The highest BCUT2D eigenvalue weighted by atomic mass is 16.5. The number of nitrogens with zero attached hydrogens (tertiary/aromatic N) is 2. The van der Waals surface area contributed by atoms with E-state index >= 15 is 0 Å². The number of hydrogen-bond donors (Lipinski definition) is 2. The minimum Gasteiger partial charge on any atom is -0.381 e. The summed E-state index contributed by atoms with van der Waals surface area (Å²) in [6.45, 7) is 13.9. The maximum atomic E-state index is 6.04. The highest BCUT2D eigenvalue weighted by Gasteiger charge is 2.14. The number of benzene rings is 1. The van der Waals surface area contributed by atoms with Crippen molar-refractivity contribution in [1.82, 2.24) is 15.5 Å². The summed E-state index contributed by atoms with van der Waals surface area (Å²) in [6, 6.07) is 9.65. The molecule has 0 bridgehead atoms. The lowest BCUT2D eigenvalue weighted by Gasteiger charge is -2.30. The molecule has 0 amide bonds. The second kappa shape index (κ2) is 12.8. The molecule has 0 spiro atoms. The summed E-state index contributed by atoms with van der Waals surface area (Å²) in [6.07, 6.45) is 2.31. The molecule has 1 aromatic rings. The molecule has 164 valence electrons. The second-order valence-corrected chi connectivity index (χ2v) is 8.22. The molecule has 2 N–H and O–H groups in total. The van der Waals surface area contributed by atoms with Crippen LogP contribution in [0.1, 0.15) is 51.7 Å². The van der Waals surface area contributed by atoms with Crippen molar-refractivity contribution in [3.63, 3.8) is 0 Å². The molecule has 6 heteroatoms. The van der Waals surface area contributed by atoms with E-state index < -0.39 is 0 Å². The van der Waals surface area contributed by atoms with Crippen molar-refractivity contribution in [2.75, 3.05) is 33.4 Å². The lowest BCUT2D eigenvalue weighted by molar-refractivity contribution is -0.0390. The number of hydrogen-bond acceptors (Lipinski definition) is 4. The lowest BCUT2D eigenvalue weighted by atomic mass is 10.1. The molecule has 1 saturated heterocycles. The Balaban J connectivity index is 1.75. The van der Waals surface area contributed by atoms with Crippen molar-refractivity contribution in [2.24, 2.45) is 4.99 Å². The zero-order valence-corrected chi connectivity index (χ0v) is 18.9. The predicted octanol–water partition coefficient (Wildman–Crippen LogP) is 3.17. The third-order valence-corrected chi connectivity index (χ3v) is 5.32. The molecular weight excluding hydrogens is 364 g/mol. The van der Waals surface area contributed by atoms with Gasteiger partial charge in [-0.3, -0.25) is 9.89 Å². The monoisotopic (exact) mass is 404 g/mol. The van der Waals surface area contributed by atoms with Crippen LogP contribution in [0.3, 0.4) is 0 Å². The zero-order chi connectivity index (χ0) is 21.1. The van der Waals surface area contributed by atoms with Gasteiger partial charge in [0.1, 0.15) is 0 Å². The van der Waals surface area contributed by atoms with E-state index in [0.717, 1.165) is 51.6 Å². The summed E-state index contributed by atoms with van der Waals surface area (Å²) in [4.78, 5) is 6.82. The highest BCUT2D eigenvalue weighted by Crippen LogP contribution is 2.14. The Bertz CT molecular complexity index is 605. The Morgan fingerprint density at radius 2 is 1.83 bits per heavy atom. The van der Waals surface area contributed by atoms with E-state index in [2.05, 4.69) is 72.5 Å². The third kappa shape index (κ3) is 8.72. The number of rotatable bonds is 10. The Morgan fingerprint density at radius 1 is 1.14 bits per heavy atom. The van der Waals surface area contributed by atoms with E-state index in [-0.39, 0.29) is 0 Å². The average molecular weight is 405 g/mol. The van der Waals surface area contributed by atoms with Crippen LogP contribution < -0.4 is 10.6 Å². The summed E-state index contributed by atoms with van der Waals surface area (Å²) in [5.41, 5.74) is 2.44.